The van der Waals surface area contributed by atoms with E-state index in [4.69, 9.17) is 4.74 Å². The smallest absolute Gasteiger partial charge is 0.253 e. The first kappa shape index (κ1) is 24.7. The first-order valence-electron chi connectivity index (χ1n) is 12.2. The van der Waals surface area contributed by atoms with E-state index in [9.17, 15) is 9.18 Å². The molecule has 0 aliphatic carbocycles. The second-order valence-electron chi connectivity index (χ2n) is 8.93. The van der Waals surface area contributed by atoms with Crippen LogP contribution in [0.25, 0.3) is 11.1 Å². The molecule has 2 heterocycles. The van der Waals surface area contributed by atoms with Crippen LogP contribution in [0.15, 0.2) is 54.7 Å². The normalized spacial score (nSPS) is 14.5. The van der Waals surface area contributed by atoms with Crippen LogP contribution in [0.2, 0.25) is 0 Å². The molecule has 6 nitrogen and oxygen atoms in total. The van der Waals surface area contributed by atoms with Gasteiger partial charge in [0.2, 0.25) is 0 Å². The van der Waals surface area contributed by atoms with E-state index in [-0.39, 0.29) is 17.8 Å². The number of hydrogen-bond donors (Lipinski definition) is 2. The lowest BCUT2D eigenvalue weighted by atomic mass is 10.0. The Morgan fingerprint density at radius 3 is 2.54 bits per heavy atom. The van der Waals surface area contributed by atoms with Crippen molar-refractivity contribution >= 4 is 11.7 Å². The Balaban J connectivity index is 1.34. The van der Waals surface area contributed by atoms with E-state index in [2.05, 4.69) is 38.7 Å². The zero-order chi connectivity index (χ0) is 24.8. The van der Waals surface area contributed by atoms with E-state index in [0.717, 1.165) is 60.7 Å². The monoisotopic (exact) mass is 476 g/mol. The molecule has 0 saturated carbocycles. The fourth-order valence-corrected chi connectivity index (χ4v) is 4.53. The van der Waals surface area contributed by atoms with Crippen LogP contribution < -0.4 is 15.4 Å². The Morgan fingerprint density at radius 2 is 1.89 bits per heavy atom. The van der Waals surface area contributed by atoms with Gasteiger partial charge in [-0.1, -0.05) is 24.3 Å². The molecule has 2 N–H and O–H groups in total. The van der Waals surface area contributed by atoms with Gasteiger partial charge in [-0.05, 0) is 67.6 Å². The van der Waals surface area contributed by atoms with Gasteiger partial charge in [-0.3, -0.25) is 9.69 Å². The Labute approximate surface area is 206 Å². The number of benzene rings is 2. The molecule has 1 aliphatic heterocycles. The van der Waals surface area contributed by atoms with Gasteiger partial charge in [0.1, 0.15) is 17.4 Å². The minimum absolute atomic E-state index is 0.0700. The van der Waals surface area contributed by atoms with Gasteiger partial charge < -0.3 is 15.4 Å². The van der Waals surface area contributed by atoms with Crippen molar-refractivity contribution in [1.29, 1.82) is 0 Å². The summed E-state index contributed by atoms with van der Waals surface area (Å²) in [5, 5.41) is 6.19. The van der Waals surface area contributed by atoms with Crippen LogP contribution >= 0.6 is 0 Å². The summed E-state index contributed by atoms with van der Waals surface area (Å²) in [6.45, 7) is 7.10. The molecule has 1 aromatic heterocycles. The summed E-state index contributed by atoms with van der Waals surface area (Å²) in [6.07, 6.45) is 3.42. The maximum Gasteiger partial charge on any atom is 0.253 e. The number of carbonyl (C=O) groups is 1. The Bertz CT molecular complexity index is 1160. The lowest BCUT2D eigenvalue weighted by Crippen LogP contribution is -2.44. The summed E-state index contributed by atoms with van der Waals surface area (Å²) in [5.41, 5.74) is 4.61. The lowest BCUT2D eigenvalue weighted by molar-refractivity contribution is 0.0908. The van der Waals surface area contributed by atoms with Gasteiger partial charge in [0, 0.05) is 44.5 Å². The highest BCUT2D eigenvalue weighted by Crippen LogP contribution is 2.32. The summed E-state index contributed by atoms with van der Waals surface area (Å²) in [5.74, 6) is 1.28. The number of carbonyl (C=O) groups excluding carboxylic acids is 1. The van der Waals surface area contributed by atoms with E-state index in [1.807, 2.05) is 27.0 Å². The third kappa shape index (κ3) is 6.17. The summed E-state index contributed by atoms with van der Waals surface area (Å²) in [6, 6.07) is 14.8. The second kappa shape index (κ2) is 11.3. The molecule has 3 aromatic rings. The van der Waals surface area contributed by atoms with Gasteiger partial charge in [-0.2, -0.15) is 0 Å². The molecule has 35 heavy (non-hydrogen) atoms. The van der Waals surface area contributed by atoms with Gasteiger partial charge in [-0.25, -0.2) is 9.37 Å². The van der Waals surface area contributed by atoms with Crippen LogP contribution in [0.3, 0.4) is 0 Å². The van der Waals surface area contributed by atoms with Gasteiger partial charge >= 0.3 is 0 Å². The zero-order valence-corrected chi connectivity index (χ0v) is 20.6. The SMILES string of the molecule is CCOc1cc(CN2CCC(NC(=O)c3cnc(NC)c(C)c3)CC2)ccc1-c1ccc(F)cc1. The number of rotatable bonds is 8. The van der Waals surface area contributed by atoms with Crippen molar-refractivity contribution in [1.82, 2.24) is 15.2 Å². The molecule has 184 valence electrons. The lowest BCUT2D eigenvalue weighted by Gasteiger charge is -2.32. The highest BCUT2D eigenvalue weighted by atomic mass is 19.1. The zero-order valence-electron chi connectivity index (χ0n) is 20.6. The number of nitrogens with zero attached hydrogens (tertiary/aromatic N) is 2. The molecule has 1 aliphatic rings. The van der Waals surface area contributed by atoms with Crippen molar-refractivity contribution in [2.75, 3.05) is 32.1 Å². The minimum Gasteiger partial charge on any atom is -0.493 e. The molecule has 7 heteroatoms. The number of amides is 1. The summed E-state index contributed by atoms with van der Waals surface area (Å²) >= 11 is 0. The molecule has 0 radical (unpaired) electrons. The largest absolute Gasteiger partial charge is 0.493 e. The molecule has 2 aromatic carbocycles. The molecule has 0 spiro atoms. The fourth-order valence-electron chi connectivity index (χ4n) is 4.53. The molecule has 0 unspecified atom stereocenters. The number of ether oxygens (including phenoxy) is 1. The second-order valence-corrected chi connectivity index (χ2v) is 8.93. The summed E-state index contributed by atoms with van der Waals surface area (Å²) < 4.78 is 19.2. The van der Waals surface area contributed by atoms with Crippen molar-refractivity contribution in [3.05, 3.63) is 77.2 Å². The third-order valence-corrected chi connectivity index (χ3v) is 6.41. The van der Waals surface area contributed by atoms with Gasteiger partial charge in [0.05, 0.1) is 12.2 Å². The number of piperidine rings is 1. The molecule has 0 bridgehead atoms. The third-order valence-electron chi connectivity index (χ3n) is 6.41. The predicted octanol–water partition coefficient (Wildman–Crippen LogP) is 5.03. The number of pyridine rings is 1. The van der Waals surface area contributed by atoms with Crippen LogP contribution in [-0.4, -0.2) is 48.6 Å². The highest BCUT2D eigenvalue weighted by molar-refractivity contribution is 5.94. The van der Waals surface area contributed by atoms with E-state index in [0.29, 0.717) is 12.2 Å². The number of likely N-dealkylation sites (tertiary alicyclic amines) is 1. The predicted molar refractivity (Wildman–Crippen MR) is 137 cm³/mol. The topological polar surface area (TPSA) is 66.5 Å². The van der Waals surface area contributed by atoms with Crippen LogP contribution in [0.1, 0.15) is 41.3 Å². The maximum atomic E-state index is 13.3. The van der Waals surface area contributed by atoms with Crippen molar-refractivity contribution < 1.29 is 13.9 Å². The Morgan fingerprint density at radius 1 is 1.14 bits per heavy atom. The van der Waals surface area contributed by atoms with E-state index in [1.165, 1.54) is 17.7 Å². The molecule has 1 amide bonds. The fraction of sp³-hybridized carbons (Fsp3) is 0.357. The van der Waals surface area contributed by atoms with Crippen LogP contribution in [0.5, 0.6) is 5.75 Å². The average molecular weight is 477 g/mol. The van der Waals surface area contributed by atoms with Crippen molar-refractivity contribution in [3.8, 4) is 16.9 Å². The summed E-state index contributed by atoms with van der Waals surface area (Å²) in [4.78, 5) is 19.4. The van der Waals surface area contributed by atoms with Crippen LogP contribution in [0.4, 0.5) is 10.2 Å². The Hall–Kier alpha value is -3.45. The van der Waals surface area contributed by atoms with Crippen molar-refractivity contribution in [3.63, 3.8) is 0 Å². The first-order valence-corrected chi connectivity index (χ1v) is 12.2. The van der Waals surface area contributed by atoms with Gasteiger partial charge in [-0.15, -0.1) is 0 Å². The number of aromatic nitrogens is 1. The minimum atomic E-state index is -0.249. The maximum absolute atomic E-state index is 13.3. The van der Waals surface area contributed by atoms with Crippen molar-refractivity contribution in [2.45, 2.75) is 39.3 Å². The summed E-state index contributed by atoms with van der Waals surface area (Å²) in [7, 11) is 1.82. The molecule has 0 atom stereocenters. The van der Waals surface area contributed by atoms with E-state index in [1.54, 1.807) is 18.3 Å². The Kier molecular flexibility index (Phi) is 7.98. The van der Waals surface area contributed by atoms with Crippen LogP contribution in [0, 0.1) is 12.7 Å². The molecule has 4 rings (SSSR count). The first-order chi connectivity index (χ1) is 17.0. The van der Waals surface area contributed by atoms with Gasteiger partial charge in [0.15, 0.2) is 0 Å². The van der Waals surface area contributed by atoms with E-state index < -0.39 is 0 Å². The van der Waals surface area contributed by atoms with Gasteiger partial charge in [0.25, 0.3) is 5.91 Å². The molecular formula is C28H33FN4O2. The number of anilines is 1. The number of aryl methyl sites for hydroxylation is 1. The number of hydrogen-bond acceptors (Lipinski definition) is 5. The molecule has 1 fully saturated rings. The van der Waals surface area contributed by atoms with Crippen LogP contribution in [-0.2, 0) is 6.54 Å². The number of halogens is 1. The number of nitrogens with one attached hydrogen (secondary N) is 2. The average Bonchev–Trinajstić information content (AvgIpc) is 2.86. The van der Waals surface area contributed by atoms with Crippen molar-refractivity contribution in [2.24, 2.45) is 0 Å². The molecular weight excluding hydrogens is 443 g/mol. The van der Waals surface area contributed by atoms with E-state index >= 15 is 0 Å². The highest BCUT2D eigenvalue weighted by Gasteiger charge is 2.22. The standard InChI is InChI=1S/C28H33FN4O2/c1-4-35-26-16-20(5-10-25(26)21-6-8-23(29)9-7-21)18-33-13-11-24(12-14-33)32-28(34)22-15-19(2)27(30-3)31-17-22/h5-10,15-17,24H,4,11-14,18H2,1-3H3,(H,30,31)(H,32,34). The quantitative estimate of drug-likeness (QED) is 0.477. The molecule has 1 saturated heterocycles.